The lowest BCUT2D eigenvalue weighted by Crippen LogP contribution is -2.22. The van der Waals surface area contributed by atoms with E-state index >= 15 is 0 Å². The molecule has 0 aliphatic rings. The van der Waals surface area contributed by atoms with Gasteiger partial charge >= 0.3 is 5.97 Å². The van der Waals surface area contributed by atoms with Crippen molar-refractivity contribution < 1.29 is 33.2 Å². The number of nitrogens with zero attached hydrogens (tertiary/aromatic N) is 1. The average Bonchev–Trinajstić information content (AvgIpc) is 3.03. The molecule has 0 aliphatic heterocycles. The smallest absolute Gasteiger partial charge is 0.310 e. The number of phenolic OH excluding ortho intramolecular Hbond substituents is 1. The van der Waals surface area contributed by atoms with Crippen LogP contribution in [0.2, 0.25) is 0 Å². The van der Waals surface area contributed by atoms with Gasteiger partial charge in [0.25, 0.3) is 11.6 Å². The van der Waals surface area contributed by atoms with Crippen molar-refractivity contribution in [2.45, 2.75) is 6.42 Å². The number of fused-ring (bicyclic) bond motifs is 1. The Bertz CT molecular complexity index is 1080. The van der Waals surface area contributed by atoms with Gasteiger partial charge in [0.2, 0.25) is 0 Å². The molecule has 1 amide bonds. The molecule has 28 heavy (non-hydrogen) atoms. The number of nitrogens with one attached hydrogen (secondary N) is 1. The molecule has 144 valence electrons. The molecule has 9 nitrogen and oxygen atoms in total. The second kappa shape index (κ2) is 7.74. The Balaban J connectivity index is 1.58. The Hall–Kier alpha value is -3.95. The molecule has 0 spiro atoms. The Labute approximate surface area is 156 Å². The van der Waals surface area contributed by atoms with Crippen LogP contribution in [0.4, 0.5) is 15.8 Å². The SMILES string of the molecule is O=C(COC(=O)Cc1coc2cc(O)ccc12)Nc1cc([N+](=O)[O-])ccc1F. The standard InChI is InChI=1S/C18H13FN2O7/c19-14-4-1-11(21(25)26)6-15(14)20-17(23)9-28-18(24)5-10-8-27-16-7-12(22)2-3-13(10)16/h1-4,6-8,22H,5,9H2,(H,20,23). The number of hydrogen-bond donors (Lipinski definition) is 2. The van der Waals surface area contributed by atoms with E-state index in [-0.39, 0.29) is 12.2 Å². The molecule has 1 aromatic heterocycles. The van der Waals surface area contributed by atoms with Crippen molar-refractivity contribution in [2.24, 2.45) is 0 Å². The van der Waals surface area contributed by atoms with E-state index in [9.17, 15) is 29.2 Å². The maximum Gasteiger partial charge on any atom is 0.310 e. The molecule has 3 rings (SSSR count). The zero-order valence-corrected chi connectivity index (χ0v) is 14.2. The van der Waals surface area contributed by atoms with Gasteiger partial charge in [-0.15, -0.1) is 0 Å². The van der Waals surface area contributed by atoms with Gasteiger partial charge in [0.1, 0.15) is 17.1 Å². The molecule has 1 heterocycles. The molecule has 2 N–H and O–H groups in total. The predicted octanol–water partition coefficient (Wildman–Crippen LogP) is 2.91. The summed E-state index contributed by atoms with van der Waals surface area (Å²) in [6.45, 7) is -0.697. The lowest BCUT2D eigenvalue weighted by molar-refractivity contribution is -0.384. The van der Waals surface area contributed by atoms with Crippen LogP contribution >= 0.6 is 0 Å². The maximum atomic E-state index is 13.6. The zero-order valence-electron chi connectivity index (χ0n) is 14.2. The molecule has 0 unspecified atom stereocenters. The first kappa shape index (κ1) is 18.8. The van der Waals surface area contributed by atoms with Crippen LogP contribution in [0.25, 0.3) is 11.0 Å². The monoisotopic (exact) mass is 388 g/mol. The number of carbonyl (C=O) groups excluding carboxylic acids is 2. The number of ether oxygens (including phenoxy) is 1. The van der Waals surface area contributed by atoms with E-state index in [2.05, 4.69) is 5.32 Å². The van der Waals surface area contributed by atoms with Gasteiger partial charge in [-0.25, -0.2) is 4.39 Å². The molecular weight excluding hydrogens is 375 g/mol. The van der Waals surface area contributed by atoms with Crippen molar-refractivity contribution in [3.05, 3.63) is 64.2 Å². The second-order valence-corrected chi connectivity index (χ2v) is 5.75. The number of nitro groups is 1. The number of furan rings is 1. The van der Waals surface area contributed by atoms with Gasteiger partial charge in [-0.1, -0.05) is 0 Å². The summed E-state index contributed by atoms with van der Waals surface area (Å²) in [6.07, 6.45) is 1.15. The average molecular weight is 388 g/mol. The Morgan fingerprint density at radius 3 is 2.79 bits per heavy atom. The van der Waals surface area contributed by atoms with Gasteiger partial charge in [-0.3, -0.25) is 19.7 Å². The highest BCUT2D eigenvalue weighted by Crippen LogP contribution is 2.25. The molecule has 0 saturated carbocycles. The van der Waals surface area contributed by atoms with Crippen LogP contribution in [0.5, 0.6) is 5.75 Å². The number of non-ortho nitro benzene ring substituents is 1. The number of aromatic hydroxyl groups is 1. The van der Waals surface area contributed by atoms with Crippen molar-refractivity contribution >= 4 is 34.2 Å². The number of amides is 1. The van der Waals surface area contributed by atoms with Crippen LogP contribution in [0, 0.1) is 15.9 Å². The number of phenols is 1. The largest absolute Gasteiger partial charge is 0.508 e. The summed E-state index contributed by atoms with van der Waals surface area (Å²) in [7, 11) is 0. The molecule has 0 fully saturated rings. The van der Waals surface area contributed by atoms with Crippen molar-refractivity contribution in [1.29, 1.82) is 0 Å². The van der Waals surface area contributed by atoms with Gasteiger partial charge in [0, 0.05) is 29.1 Å². The van der Waals surface area contributed by atoms with E-state index in [1.54, 1.807) is 6.07 Å². The van der Waals surface area contributed by atoms with Crippen molar-refractivity contribution in [3.8, 4) is 5.75 Å². The molecule has 0 saturated heterocycles. The molecule has 0 radical (unpaired) electrons. The lowest BCUT2D eigenvalue weighted by Gasteiger charge is -2.07. The molecule has 0 bridgehead atoms. The number of benzene rings is 2. The van der Waals surface area contributed by atoms with Crippen molar-refractivity contribution in [1.82, 2.24) is 0 Å². The van der Waals surface area contributed by atoms with E-state index in [4.69, 9.17) is 9.15 Å². The minimum Gasteiger partial charge on any atom is -0.508 e. The molecule has 2 aromatic carbocycles. The molecular formula is C18H13FN2O7. The minimum absolute atomic E-state index is 0.0148. The van der Waals surface area contributed by atoms with Crippen LogP contribution in [0.3, 0.4) is 0 Å². The highest BCUT2D eigenvalue weighted by atomic mass is 19.1. The van der Waals surface area contributed by atoms with Gasteiger partial charge in [-0.05, 0) is 18.2 Å². The van der Waals surface area contributed by atoms with Crippen LogP contribution in [-0.2, 0) is 20.7 Å². The summed E-state index contributed by atoms with van der Waals surface area (Å²) in [4.78, 5) is 33.7. The summed E-state index contributed by atoms with van der Waals surface area (Å²) in [5.74, 6) is -2.43. The first-order valence-electron chi connectivity index (χ1n) is 7.92. The minimum atomic E-state index is -0.863. The third kappa shape index (κ3) is 4.23. The summed E-state index contributed by atoms with van der Waals surface area (Å²) < 4.78 is 23.7. The van der Waals surface area contributed by atoms with E-state index in [1.807, 2.05) is 0 Å². The highest BCUT2D eigenvalue weighted by Gasteiger charge is 2.16. The zero-order chi connectivity index (χ0) is 20.3. The first-order chi connectivity index (χ1) is 13.3. The number of rotatable bonds is 6. The Morgan fingerprint density at radius 1 is 1.25 bits per heavy atom. The van der Waals surface area contributed by atoms with Crippen LogP contribution in [0.1, 0.15) is 5.56 Å². The van der Waals surface area contributed by atoms with Crippen LogP contribution < -0.4 is 5.32 Å². The van der Waals surface area contributed by atoms with Gasteiger partial charge in [0.05, 0.1) is 23.3 Å². The fraction of sp³-hybridized carbons (Fsp3) is 0.111. The highest BCUT2D eigenvalue weighted by molar-refractivity contribution is 5.93. The quantitative estimate of drug-likeness (QED) is 0.377. The summed E-state index contributed by atoms with van der Waals surface area (Å²) >= 11 is 0. The number of esters is 1. The van der Waals surface area contributed by atoms with E-state index in [1.165, 1.54) is 18.4 Å². The third-order valence-electron chi connectivity index (χ3n) is 3.77. The number of nitro benzene ring substituents is 1. The van der Waals surface area contributed by atoms with Crippen LogP contribution in [0.15, 0.2) is 47.1 Å². The predicted molar refractivity (Wildman–Crippen MR) is 94.2 cm³/mol. The lowest BCUT2D eigenvalue weighted by atomic mass is 10.1. The Morgan fingerprint density at radius 2 is 2.04 bits per heavy atom. The second-order valence-electron chi connectivity index (χ2n) is 5.75. The number of carbonyl (C=O) groups is 2. The van der Waals surface area contributed by atoms with Crippen LogP contribution in [-0.4, -0.2) is 28.5 Å². The van der Waals surface area contributed by atoms with Gasteiger partial charge in [-0.2, -0.15) is 0 Å². The molecule has 10 heteroatoms. The summed E-state index contributed by atoms with van der Waals surface area (Å²) in [5, 5.41) is 22.8. The van der Waals surface area contributed by atoms with E-state index < -0.39 is 40.6 Å². The van der Waals surface area contributed by atoms with E-state index in [0.717, 1.165) is 18.2 Å². The number of anilines is 1. The maximum absolute atomic E-state index is 13.6. The summed E-state index contributed by atoms with van der Waals surface area (Å²) in [6, 6.07) is 7.08. The van der Waals surface area contributed by atoms with Crippen molar-refractivity contribution in [2.75, 3.05) is 11.9 Å². The fourth-order valence-electron chi connectivity index (χ4n) is 2.47. The first-order valence-corrected chi connectivity index (χ1v) is 7.92. The molecule has 0 aliphatic carbocycles. The number of halogens is 1. The number of hydrogen-bond acceptors (Lipinski definition) is 7. The topological polar surface area (TPSA) is 132 Å². The van der Waals surface area contributed by atoms with Gasteiger partial charge in [0.15, 0.2) is 6.61 Å². The van der Waals surface area contributed by atoms with E-state index in [0.29, 0.717) is 16.5 Å². The normalized spacial score (nSPS) is 10.6. The molecule has 0 atom stereocenters. The van der Waals surface area contributed by atoms with Crippen molar-refractivity contribution in [3.63, 3.8) is 0 Å². The van der Waals surface area contributed by atoms with Gasteiger partial charge < -0.3 is 19.6 Å². The third-order valence-corrected chi connectivity index (χ3v) is 3.77. The summed E-state index contributed by atoms with van der Waals surface area (Å²) in [5.41, 5.74) is 0.106. The fourth-order valence-corrected chi connectivity index (χ4v) is 2.47. The molecule has 3 aromatic rings. The Kier molecular flexibility index (Phi) is 5.21.